The van der Waals surface area contributed by atoms with Crippen LogP contribution in [0.15, 0.2) is 36.9 Å². The molecule has 0 unspecified atom stereocenters. The predicted molar refractivity (Wildman–Crippen MR) is 91.9 cm³/mol. The summed E-state index contributed by atoms with van der Waals surface area (Å²) in [7, 11) is 1.89. The van der Waals surface area contributed by atoms with Crippen LogP contribution in [0.25, 0.3) is 0 Å². The smallest absolute Gasteiger partial charge is 0.232 e. The predicted octanol–water partition coefficient (Wildman–Crippen LogP) is 3.16. The highest BCUT2D eigenvalue weighted by Crippen LogP contribution is 2.25. The van der Waals surface area contributed by atoms with E-state index in [4.69, 9.17) is 0 Å². The van der Waals surface area contributed by atoms with Crippen molar-refractivity contribution in [2.75, 3.05) is 36.5 Å². The van der Waals surface area contributed by atoms with E-state index in [9.17, 15) is 4.79 Å². The van der Waals surface area contributed by atoms with Gasteiger partial charge in [-0.3, -0.25) is 4.79 Å². The lowest BCUT2D eigenvalue weighted by Gasteiger charge is -2.24. The van der Waals surface area contributed by atoms with Gasteiger partial charge in [0.05, 0.1) is 5.75 Å². The monoisotopic (exact) mass is 304 g/mol. The van der Waals surface area contributed by atoms with E-state index in [0.29, 0.717) is 12.3 Å². The summed E-state index contributed by atoms with van der Waals surface area (Å²) in [5, 5.41) is 0. The fraction of sp³-hybridized carbons (Fsp3) is 0.471. The van der Waals surface area contributed by atoms with Crippen molar-refractivity contribution in [3.63, 3.8) is 0 Å². The molecule has 0 saturated carbocycles. The molecule has 1 aromatic carbocycles. The highest BCUT2D eigenvalue weighted by atomic mass is 32.2. The van der Waals surface area contributed by atoms with E-state index in [1.54, 1.807) is 11.8 Å². The zero-order valence-corrected chi connectivity index (χ0v) is 13.6. The Kier molecular flexibility index (Phi) is 6.18. The quantitative estimate of drug-likeness (QED) is 0.571. The third-order valence-corrected chi connectivity index (χ3v) is 4.66. The van der Waals surface area contributed by atoms with Crippen LogP contribution < -0.4 is 4.90 Å². The van der Waals surface area contributed by atoms with E-state index in [2.05, 4.69) is 35.7 Å². The second kappa shape index (κ2) is 8.13. The van der Waals surface area contributed by atoms with Crippen molar-refractivity contribution in [1.82, 2.24) is 4.90 Å². The standard InChI is InChI=1S/C17H24N2OS/c1-3-12-21-14-17(20)18(2)13-15-8-4-5-9-16(15)19-10-6-7-11-19/h3-5,8-9H,1,6-7,10-14H2,2H3. The zero-order chi connectivity index (χ0) is 15.1. The molecule has 0 spiro atoms. The van der Waals surface area contributed by atoms with Crippen molar-refractivity contribution in [2.24, 2.45) is 0 Å². The molecule has 0 radical (unpaired) electrons. The number of para-hydroxylation sites is 1. The average Bonchev–Trinajstić information content (AvgIpc) is 3.02. The van der Waals surface area contributed by atoms with Gasteiger partial charge in [0.1, 0.15) is 0 Å². The van der Waals surface area contributed by atoms with E-state index in [-0.39, 0.29) is 5.91 Å². The Balaban J connectivity index is 1.98. The molecular formula is C17H24N2OS. The van der Waals surface area contributed by atoms with E-state index in [1.807, 2.05) is 18.0 Å². The highest BCUT2D eigenvalue weighted by Gasteiger charge is 2.17. The summed E-state index contributed by atoms with van der Waals surface area (Å²) in [5.74, 6) is 1.52. The van der Waals surface area contributed by atoms with E-state index in [1.165, 1.54) is 24.1 Å². The van der Waals surface area contributed by atoms with Gasteiger partial charge in [0.15, 0.2) is 0 Å². The Morgan fingerprint density at radius 2 is 2.10 bits per heavy atom. The van der Waals surface area contributed by atoms with E-state index >= 15 is 0 Å². The first-order valence-corrected chi connectivity index (χ1v) is 8.63. The van der Waals surface area contributed by atoms with Crippen molar-refractivity contribution in [3.8, 4) is 0 Å². The SMILES string of the molecule is C=CCSCC(=O)N(C)Cc1ccccc1N1CCCC1. The second-order valence-corrected chi connectivity index (χ2v) is 6.41. The van der Waals surface area contributed by atoms with Crippen molar-refractivity contribution >= 4 is 23.4 Å². The molecule has 4 heteroatoms. The number of anilines is 1. The van der Waals surface area contributed by atoms with Crippen LogP contribution in [0.5, 0.6) is 0 Å². The minimum Gasteiger partial charge on any atom is -0.371 e. The van der Waals surface area contributed by atoms with Gasteiger partial charge in [0.25, 0.3) is 0 Å². The number of amides is 1. The van der Waals surface area contributed by atoms with Crippen LogP contribution in [0.2, 0.25) is 0 Å². The molecule has 0 bridgehead atoms. The van der Waals surface area contributed by atoms with Crippen LogP contribution in [0.1, 0.15) is 18.4 Å². The maximum Gasteiger partial charge on any atom is 0.232 e. The molecule has 1 aliphatic rings. The molecule has 1 saturated heterocycles. The van der Waals surface area contributed by atoms with Gasteiger partial charge in [0, 0.05) is 38.1 Å². The summed E-state index contributed by atoms with van der Waals surface area (Å²) in [6, 6.07) is 8.44. The molecule has 114 valence electrons. The number of carbonyl (C=O) groups excluding carboxylic acids is 1. The summed E-state index contributed by atoms with van der Waals surface area (Å²) < 4.78 is 0. The van der Waals surface area contributed by atoms with E-state index < -0.39 is 0 Å². The fourth-order valence-corrected chi connectivity index (χ4v) is 3.27. The van der Waals surface area contributed by atoms with E-state index in [0.717, 1.165) is 18.8 Å². The first-order valence-electron chi connectivity index (χ1n) is 7.48. The molecule has 0 N–H and O–H groups in total. The Labute approximate surface area is 132 Å². The molecule has 1 aliphatic heterocycles. The normalized spacial score (nSPS) is 14.2. The molecule has 1 aromatic rings. The molecule has 2 rings (SSSR count). The lowest BCUT2D eigenvalue weighted by molar-refractivity contribution is -0.127. The third kappa shape index (κ3) is 4.53. The Bertz CT molecular complexity index is 483. The van der Waals surface area contributed by atoms with Crippen LogP contribution >= 0.6 is 11.8 Å². The zero-order valence-electron chi connectivity index (χ0n) is 12.8. The van der Waals surface area contributed by atoms with Crippen molar-refractivity contribution in [3.05, 3.63) is 42.5 Å². The lowest BCUT2D eigenvalue weighted by atomic mass is 10.1. The molecule has 0 atom stereocenters. The lowest BCUT2D eigenvalue weighted by Crippen LogP contribution is -2.29. The van der Waals surface area contributed by atoms with Gasteiger partial charge in [0.2, 0.25) is 5.91 Å². The van der Waals surface area contributed by atoms with Crippen LogP contribution in [0.4, 0.5) is 5.69 Å². The summed E-state index contributed by atoms with van der Waals surface area (Å²) in [5.41, 5.74) is 2.53. The summed E-state index contributed by atoms with van der Waals surface area (Å²) in [4.78, 5) is 16.4. The van der Waals surface area contributed by atoms with Crippen LogP contribution in [-0.4, -0.2) is 42.4 Å². The summed E-state index contributed by atoms with van der Waals surface area (Å²) in [6.45, 7) is 6.61. The van der Waals surface area contributed by atoms with Crippen molar-refractivity contribution in [2.45, 2.75) is 19.4 Å². The number of thioether (sulfide) groups is 1. The first kappa shape index (κ1) is 16.0. The third-order valence-electron chi connectivity index (χ3n) is 3.73. The molecule has 0 aromatic heterocycles. The van der Waals surface area contributed by atoms with Gasteiger partial charge >= 0.3 is 0 Å². The number of hydrogen-bond acceptors (Lipinski definition) is 3. The second-order valence-electron chi connectivity index (χ2n) is 5.38. The largest absolute Gasteiger partial charge is 0.371 e. The Morgan fingerprint density at radius 1 is 1.38 bits per heavy atom. The number of hydrogen-bond donors (Lipinski definition) is 0. The Hall–Kier alpha value is -1.42. The number of nitrogens with zero attached hydrogens (tertiary/aromatic N) is 2. The van der Waals surface area contributed by atoms with Gasteiger partial charge in [-0.25, -0.2) is 0 Å². The van der Waals surface area contributed by atoms with Gasteiger partial charge in [-0.15, -0.1) is 18.3 Å². The van der Waals surface area contributed by atoms with Crippen molar-refractivity contribution in [1.29, 1.82) is 0 Å². The molecule has 3 nitrogen and oxygen atoms in total. The maximum atomic E-state index is 12.1. The van der Waals surface area contributed by atoms with Gasteiger partial charge < -0.3 is 9.80 Å². The highest BCUT2D eigenvalue weighted by molar-refractivity contribution is 8.00. The molecule has 1 heterocycles. The van der Waals surface area contributed by atoms with Crippen LogP contribution in [0.3, 0.4) is 0 Å². The average molecular weight is 304 g/mol. The fourth-order valence-electron chi connectivity index (χ4n) is 2.59. The molecule has 21 heavy (non-hydrogen) atoms. The minimum atomic E-state index is 0.179. The van der Waals surface area contributed by atoms with Crippen molar-refractivity contribution < 1.29 is 4.79 Å². The van der Waals surface area contributed by atoms with Gasteiger partial charge in [-0.2, -0.15) is 0 Å². The number of carbonyl (C=O) groups is 1. The molecule has 1 amide bonds. The minimum absolute atomic E-state index is 0.179. The van der Waals surface area contributed by atoms with Gasteiger partial charge in [-0.05, 0) is 24.5 Å². The summed E-state index contributed by atoms with van der Waals surface area (Å²) in [6.07, 6.45) is 4.36. The topological polar surface area (TPSA) is 23.6 Å². The van der Waals surface area contributed by atoms with Gasteiger partial charge in [-0.1, -0.05) is 24.3 Å². The maximum absolute atomic E-state index is 12.1. The first-order chi connectivity index (χ1) is 10.2. The molecular weight excluding hydrogens is 280 g/mol. The number of benzene rings is 1. The summed E-state index contributed by atoms with van der Waals surface area (Å²) >= 11 is 1.61. The Morgan fingerprint density at radius 3 is 2.81 bits per heavy atom. The van der Waals surface area contributed by atoms with Crippen LogP contribution in [0, 0.1) is 0 Å². The molecule has 0 aliphatic carbocycles. The molecule has 1 fully saturated rings. The van der Waals surface area contributed by atoms with Crippen LogP contribution in [-0.2, 0) is 11.3 Å². The number of rotatable bonds is 7.